The van der Waals surface area contributed by atoms with Gasteiger partial charge in [0, 0.05) is 0 Å². The molecule has 2 nitrogen and oxygen atoms in total. The molecule has 1 rings (SSSR count). The number of esters is 1. The molecule has 0 amide bonds. The maximum absolute atomic E-state index is 12.2. The fraction of sp³-hybridized carbons (Fsp3) is 0.643. The fourth-order valence-electron chi connectivity index (χ4n) is 2.29. The summed E-state index contributed by atoms with van der Waals surface area (Å²) in [5.74, 6) is -0.409. The number of carbonyl (C=O) groups excluding carboxylic acids is 1. The normalized spacial score (nSPS) is 24.2. The number of ether oxygens (including phenoxy) is 1. The van der Waals surface area contributed by atoms with Gasteiger partial charge >= 0.3 is 5.97 Å². The van der Waals surface area contributed by atoms with Crippen molar-refractivity contribution in [2.24, 2.45) is 17.3 Å². The van der Waals surface area contributed by atoms with E-state index < -0.39 is 5.29 Å². The van der Waals surface area contributed by atoms with Crippen LogP contribution in [0.1, 0.15) is 33.1 Å². The lowest BCUT2D eigenvalue weighted by Gasteiger charge is -2.05. The Bertz CT molecular complexity index is 411. The highest BCUT2D eigenvalue weighted by molar-refractivity contribution is 6.55. The van der Waals surface area contributed by atoms with Crippen molar-refractivity contribution in [3.8, 4) is 0 Å². The van der Waals surface area contributed by atoms with Gasteiger partial charge < -0.3 is 4.74 Å². The van der Waals surface area contributed by atoms with Gasteiger partial charge in [0.1, 0.15) is 4.49 Å². The predicted molar refractivity (Wildman–Crippen MR) is 80.4 cm³/mol. The van der Waals surface area contributed by atoms with Gasteiger partial charge in [-0.2, -0.15) is 4.39 Å². The Morgan fingerprint density at radius 1 is 1.30 bits per heavy atom. The van der Waals surface area contributed by atoms with Crippen LogP contribution in [0, 0.1) is 17.3 Å². The zero-order valence-electron chi connectivity index (χ0n) is 11.5. The first-order chi connectivity index (χ1) is 9.26. The Labute approximate surface area is 133 Å². The Kier molecular flexibility index (Phi) is 6.83. The molecule has 0 unspecified atom stereocenters. The Balaban J connectivity index is 2.27. The maximum Gasteiger partial charge on any atom is 0.310 e. The second-order valence-electron chi connectivity index (χ2n) is 5.44. The first-order valence-electron chi connectivity index (χ1n) is 6.47. The molecule has 114 valence electrons. The van der Waals surface area contributed by atoms with Gasteiger partial charge in [-0.15, -0.1) is 0 Å². The number of allylic oxidation sites excluding steroid dienone is 2. The summed E-state index contributed by atoms with van der Waals surface area (Å²) in [6, 6.07) is 0. The third-order valence-corrected chi connectivity index (χ3v) is 4.02. The van der Waals surface area contributed by atoms with Gasteiger partial charge in [-0.05, 0) is 42.7 Å². The molecule has 1 fully saturated rings. The standard InChI is InChI=1S/C14H18Cl3FO2/c1-14(2)9(8-10(15)16)12(14)13(19)20-7-5-3-4-6-11(17)18/h6,8-9,12H,3-5,7H2,1-2H3/b11-6+/t9-,12-/m0/s1. The van der Waals surface area contributed by atoms with E-state index in [1.54, 1.807) is 6.08 Å². The SMILES string of the molecule is CC1(C)[C@H](C(=O)OCCCC/C=C(/F)Cl)[C@@H]1C=C(Cl)Cl. The topological polar surface area (TPSA) is 26.3 Å². The molecule has 0 saturated heterocycles. The molecular weight excluding hydrogens is 326 g/mol. The van der Waals surface area contributed by atoms with E-state index in [4.69, 9.17) is 39.5 Å². The molecule has 6 heteroatoms. The van der Waals surface area contributed by atoms with Crippen LogP contribution in [0.25, 0.3) is 0 Å². The lowest BCUT2D eigenvalue weighted by molar-refractivity contribution is -0.146. The first kappa shape index (κ1) is 17.8. The number of carbonyl (C=O) groups is 1. The second kappa shape index (κ2) is 7.67. The van der Waals surface area contributed by atoms with E-state index in [2.05, 4.69) is 0 Å². The molecule has 0 aliphatic heterocycles. The summed E-state index contributed by atoms with van der Waals surface area (Å²) in [6.07, 6.45) is 4.92. The van der Waals surface area contributed by atoms with E-state index in [0.29, 0.717) is 19.4 Å². The quantitative estimate of drug-likeness (QED) is 0.460. The molecule has 0 heterocycles. The van der Waals surface area contributed by atoms with E-state index >= 15 is 0 Å². The Morgan fingerprint density at radius 3 is 2.50 bits per heavy atom. The number of hydrogen-bond donors (Lipinski definition) is 0. The zero-order chi connectivity index (χ0) is 15.3. The van der Waals surface area contributed by atoms with Crippen molar-refractivity contribution in [1.29, 1.82) is 0 Å². The van der Waals surface area contributed by atoms with Crippen LogP contribution in [0.2, 0.25) is 0 Å². The van der Waals surface area contributed by atoms with Gasteiger partial charge in [0.15, 0.2) is 5.29 Å². The van der Waals surface area contributed by atoms with Crippen LogP contribution in [-0.4, -0.2) is 12.6 Å². The van der Waals surface area contributed by atoms with Gasteiger partial charge in [0.05, 0.1) is 12.5 Å². The molecule has 0 radical (unpaired) electrons. The number of unbranched alkanes of at least 4 members (excludes halogenated alkanes) is 2. The minimum atomic E-state index is -0.700. The van der Waals surface area contributed by atoms with E-state index in [9.17, 15) is 9.18 Å². The number of halogens is 4. The molecule has 2 atom stereocenters. The van der Waals surface area contributed by atoms with Crippen LogP contribution in [0.15, 0.2) is 21.9 Å². The molecule has 0 aromatic carbocycles. The highest BCUT2D eigenvalue weighted by Crippen LogP contribution is 2.60. The zero-order valence-corrected chi connectivity index (χ0v) is 13.7. The third kappa shape index (κ3) is 5.27. The summed E-state index contributed by atoms with van der Waals surface area (Å²) in [7, 11) is 0. The van der Waals surface area contributed by atoms with Gasteiger partial charge in [-0.1, -0.05) is 48.7 Å². The maximum atomic E-state index is 12.2. The molecule has 1 aliphatic carbocycles. The summed E-state index contributed by atoms with van der Waals surface area (Å²) in [5.41, 5.74) is -0.170. The van der Waals surface area contributed by atoms with Gasteiger partial charge in [-0.25, -0.2) is 0 Å². The molecule has 1 saturated carbocycles. The van der Waals surface area contributed by atoms with Crippen LogP contribution in [-0.2, 0) is 9.53 Å². The van der Waals surface area contributed by atoms with Gasteiger partial charge in [-0.3, -0.25) is 4.79 Å². The molecule has 20 heavy (non-hydrogen) atoms. The summed E-state index contributed by atoms with van der Waals surface area (Å²) < 4.78 is 17.6. The van der Waals surface area contributed by atoms with Crippen molar-refractivity contribution in [2.45, 2.75) is 33.1 Å². The van der Waals surface area contributed by atoms with Crippen molar-refractivity contribution in [3.05, 3.63) is 21.9 Å². The van der Waals surface area contributed by atoms with Crippen molar-refractivity contribution in [2.75, 3.05) is 6.61 Å². The smallest absolute Gasteiger partial charge is 0.310 e. The van der Waals surface area contributed by atoms with Crippen molar-refractivity contribution in [1.82, 2.24) is 0 Å². The van der Waals surface area contributed by atoms with Crippen LogP contribution >= 0.6 is 34.8 Å². The molecule has 1 aliphatic rings. The highest BCUT2D eigenvalue weighted by Gasteiger charge is 2.61. The number of rotatable bonds is 7. The monoisotopic (exact) mass is 342 g/mol. The first-order valence-corrected chi connectivity index (χ1v) is 7.61. The highest BCUT2D eigenvalue weighted by atomic mass is 35.5. The van der Waals surface area contributed by atoms with Crippen LogP contribution in [0.4, 0.5) is 4.39 Å². The molecule has 0 bridgehead atoms. The minimum absolute atomic E-state index is 0.0216. The van der Waals surface area contributed by atoms with E-state index in [-0.39, 0.29) is 27.7 Å². The van der Waals surface area contributed by atoms with Crippen molar-refractivity contribution >= 4 is 40.8 Å². The second-order valence-corrected chi connectivity index (χ2v) is 6.81. The summed E-state index contributed by atoms with van der Waals surface area (Å²) in [4.78, 5) is 11.9. The Morgan fingerprint density at radius 2 is 1.95 bits per heavy atom. The molecular formula is C14H18Cl3FO2. The predicted octanol–water partition coefficient (Wildman–Crippen LogP) is 5.34. The van der Waals surface area contributed by atoms with E-state index in [1.807, 2.05) is 13.8 Å². The summed E-state index contributed by atoms with van der Waals surface area (Å²) >= 11 is 16.3. The molecule has 0 aromatic rings. The third-order valence-electron chi connectivity index (χ3n) is 3.61. The van der Waals surface area contributed by atoms with Crippen LogP contribution in [0.5, 0.6) is 0 Å². The van der Waals surface area contributed by atoms with Gasteiger partial charge in [0.25, 0.3) is 0 Å². The minimum Gasteiger partial charge on any atom is -0.465 e. The average molecular weight is 344 g/mol. The Hall–Kier alpha value is -0.250. The lowest BCUT2D eigenvalue weighted by atomic mass is 10.1. The van der Waals surface area contributed by atoms with Gasteiger partial charge in [0.2, 0.25) is 0 Å². The largest absolute Gasteiger partial charge is 0.465 e. The molecule has 0 aromatic heterocycles. The van der Waals surface area contributed by atoms with Crippen LogP contribution < -0.4 is 0 Å². The average Bonchev–Trinajstić information content (AvgIpc) is 2.83. The number of hydrogen-bond acceptors (Lipinski definition) is 2. The van der Waals surface area contributed by atoms with E-state index in [1.165, 1.54) is 6.08 Å². The lowest BCUT2D eigenvalue weighted by Crippen LogP contribution is -2.11. The molecule has 0 spiro atoms. The molecule has 0 N–H and O–H groups in total. The van der Waals surface area contributed by atoms with Crippen LogP contribution in [0.3, 0.4) is 0 Å². The fourth-order valence-corrected chi connectivity index (χ4v) is 2.68. The van der Waals surface area contributed by atoms with Crippen molar-refractivity contribution in [3.63, 3.8) is 0 Å². The van der Waals surface area contributed by atoms with E-state index in [0.717, 1.165) is 6.42 Å². The summed E-state index contributed by atoms with van der Waals surface area (Å²) in [6.45, 7) is 4.28. The van der Waals surface area contributed by atoms with Crippen molar-refractivity contribution < 1.29 is 13.9 Å². The summed E-state index contributed by atoms with van der Waals surface area (Å²) in [5, 5.41) is -0.700.